The van der Waals surface area contributed by atoms with Crippen LogP contribution >= 0.6 is 0 Å². The summed E-state index contributed by atoms with van der Waals surface area (Å²) < 4.78 is 4.23. The van der Waals surface area contributed by atoms with Crippen molar-refractivity contribution < 1.29 is 0 Å². The number of aryl methyl sites for hydroxylation is 2. The summed E-state index contributed by atoms with van der Waals surface area (Å²) in [5, 5.41) is 0. The Kier molecular flexibility index (Phi) is 4.94. The first kappa shape index (κ1) is 17.5. The van der Waals surface area contributed by atoms with Crippen LogP contribution in [-0.2, 0) is 26.1 Å². The molecule has 0 spiro atoms. The fourth-order valence-corrected chi connectivity index (χ4v) is 4.25. The molecule has 0 radical (unpaired) electrons. The zero-order chi connectivity index (χ0) is 18.1. The molecule has 4 heterocycles. The molecule has 0 N–H and O–H groups in total. The minimum Gasteiger partial charge on any atom is -0.331 e. The van der Waals surface area contributed by atoms with Crippen LogP contribution in [0.25, 0.3) is 0 Å². The topological polar surface area (TPSA) is 56.0 Å². The zero-order valence-corrected chi connectivity index (χ0v) is 15.9. The van der Waals surface area contributed by atoms with E-state index in [1.54, 1.807) is 10.9 Å². The maximum atomic E-state index is 12.4. The Balaban J connectivity index is 1.34. The summed E-state index contributed by atoms with van der Waals surface area (Å²) >= 11 is 0. The fourth-order valence-electron chi connectivity index (χ4n) is 4.25. The third-order valence-electron chi connectivity index (χ3n) is 6.12. The predicted molar refractivity (Wildman–Crippen MR) is 101 cm³/mol. The maximum absolute atomic E-state index is 12.4. The first-order valence-electron chi connectivity index (χ1n) is 9.90. The van der Waals surface area contributed by atoms with Crippen LogP contribution < -0.4 is 5.56 Å². The van der Waals surface area contributed by atoms with Crippen molar-refractivity contribution in [2.75, 3.05) is 13.1 Å². The number of rotatable bonds is 4. The number of imidazole rings is 1. The molecule has 0 saturated carbocycles. The van der Waals surface area contributed by atoms with Crippen LogP contribution in [0.2, 0.25) is 0 Å². The van der Waals surface area contributed by atoms with E-state index in [0.29, 0.717) is 5.92 Å². The average Bonchev–Trinajstić information content (AvgIpc) is 3.07. The van der Waals surface area contributed by atoms with Gasteiger partial charge in [0, 0.05) is 43.5 Å². The van der Waals surface area contributed by atoms with Gasteiger partial charge in [0.2, 0.25) is 0 Å². The number of nitrogens with zero attached hydrogens (tertiary/aromatic N) is 5. The van der Waals surface area contributed by atoms with E-state index in [2.05, 4.69) is 25.6 Å². The van der Waals surface area contributed by atoms with E-state index in [0.717, 1.165) is 63.2 Å². The summed E-state index contributed by atoms with van der Waals surface area (Å²) in [4.78, 5) is 23.9. The van der Waals surface area contributed by atoms with Crippen molar-refractivity contribution in [2.24, 2.45) is 5.92 Å². The highest BCUT2D eigenvalue weighted by Crippen LogP contribution is 2.22. The van der Waals surface area contributed by atoms with E-state index in [1.807, 2.05) is 13.8 Å². The number of piperidine rings is 1. The molecule has 6 heteroatoms. The Morgan fingerprint density at radius 2 is 1.92 bits per heavy atom. The highest BCUT2D eigenvalue weighted by Gasteiger charge is 2.22. The Morgan fingerprint density at radius 3 is 2.73 bits per heavy atom. The molecule has 1 saturated heterocycles. The number of fused-ring (bicyclic) bond motifs is 1. The number of likely N-dealkylation sites (tertiary alicyclic amines) is 1. The zero-order valence-electron chi connectivity index (χ0n) is 15.9. The monoisotopic (exact) mass is 355 g/mol. The van der Waals surface area contributed by atoms with E-state index < -0.39 is 0 Å². The second-order valence-electron chi connectivity index (χ2n) is 7.91. The number of aromatic nitrogens is 4. The molecule has 2 aromatic rings. The first-order valence-corrected chi connectivity index (χ1v) is 9.90. The van der Waals surface area contributed by atoms with Gasteiger partial charge in [0.15, 0.2) is 0 Å². The third kappa shape index (κ3) is 3.47. The highest BCUT2D eigenvalue weighted by atomic mass is 16.1. The Bertz CT molecular complexity index is 829. The van der Waals surface area contributed by atoms with Gasteiger partial charge >= 0.3 is 0 Å². The van der Waals surface area contributed by atoms with Crippen LogP contribution in [0.15, 0.2) is 17.3 Å². The molecule has 26 heavy (non-hydrogen) atoms. The van der Waals surface area contributed by atoms with Gasteiger partial charge in [0.05, 0.1) is 12.0 Å². The second kappa shape index (κ2) is 7.35. The Hall–Kier alpha value is -1.95. The molecule has 1 fully saturated rings. The van der Waals surface area contributed by atoms with Crippen LogP contribution in [0.3, 0.4) is 0 Å². The van der Waals surface area contributed by atoms with Gasteiger partial charge in [-0.2, -0.15) is 0 Å². The summed E-state index contributed by atoms with van der Waals surface area (Å²) in [5.41, 5.74) is 3.10. The lowest BCUT2D eigenvalue weighted by molar-refractivity contribution is 0.162. The molecular formula is C20H29N5O. The second-order valence-corrected chi connectivity index (χ2v) is 7.91. The quantitative estimate of drug-likeness (QED) is 0.844. The molecule has 0 bridgehead atoms. The number of hydrogen-bond donors (Lipinski definition) is 0. The summed E-state index contributed by atoms with van der Waals surface area (Å²) in [6, 6.07) is 0. The molecule has 0 aliphatic carbocycles. The molecule has 6 nitrogen and oxygen atoms in total. The van der Waals surface area contributed by atoms with Crippen molar-refractivity contribution in [3.63, 3.8) is 0 Å². The van der Waals surface area contributed by atoms with Crippen molar-refractivity contribution in [1.82, 2.24) is 24.0 Å². The molecule has 2 aliphatic heterocycles. The normalized spacial score (nSPS) is 18.8. The summed E-state index contributed by atoms with van der Waals surface area (Å²) in [6.07, 6.45) is 9.75. The first-order chi connectivity index (χ1) is 12.6. The molecule has 0 unspecified atom stereocenters. The van der Waals surface area contributed by atoms with Gasteiger partial charge < -0.3 is 4.57 Å². The van der Waals surface area contributed by atoms with Crippen molar-refractivity contribution in [3.05, 3.63) is 45.7 Å². The van der Waals surface area contributed by atoms with Gasteiger partial charge in [-0.3, -0.25) is 14.3 Å². The smallest absolute Gasteiger partial charge is 0.256 e. The molecular weight excluding hydrogens is 326 g/mol. The van der Waals surface area contributed by atoms with Crippen LogP contribution in [0.5, 0.6) is 0 Å². The number of hydrogen-bond acceptors (Lipinski definition) is 4. The Labute approximate surface area is 154 Å². The largest absolute Gasteiger partial charge is 0.331 e. The van der Waals surface area contributed by atoms with Crippen molar-refractivity contribution >= 4 is 0 Å². The van der Waals surface area contributed by atoms with E-state index in [4.69, 9.17) is 0 Å². The molecule has 0 amide bonds. The van der Waals surface area contributed by atoms with Gasteiger partial charge in [0.1, 0.15) is 5.82 Å². The van der Waals surface area contributed by atoms with Crippen molar-refractivity contribution in [1.29, 1.82) is 0 Å². The standard InChI is InChI=1S/C20H29N5O/c1-15-16(2)22-14-24(20(15)26)12-17-6-9-23(10-7-17)13-18-11-21-19-5-3-4-8-25(18)19/h11,14,17H,3-10,12-13H2,1-2H3. The van der Waals surface area contributed by atoms with Gasteiger partial charge in [-0.25, -0.2) is 9.97 Å². The summed E-state index contributed by atoms with van der Waals surface area (Å²) in [5.74, 6) is 1.83. The minimum absolute atomic E-state index is 0.116. The molecule has 0 atom stereocenters. The van der Waals surface area contributed by atoms with Gasteiger partial charge in [-0.05, 0) is 58.5 Å². The van der Waals surface area contributed by atoms with E-state index in [9.17, 15) is 4.79 Å². The SMILES string of the molecule is Cc1ncn(CC2CCN(Cc3cnc4n3CCCC4)CC2)c(=O)c1C. The van der Waals surface area contributed by atoms with E-state index in [1.165, 1.54) is 24.4 Å². The molecule has 2 aromatic heterocycles. The maximum Gasteiger partial charge on any atom is 0.256 e. The van der Waals surface area contributed by atoms with Crippen molar-refractivity contribution in [2.45, 2.75) is 65.6 Å². The van der Waals surface area contributed by atoms with Gasteiger partial charge in [-0.1, -0.05) is 0 Å². The lowest BCUT2D eigenvalue weighted by Gasteiger charge is -2.32. The Morgan fingerprint density at radius 1 is 1.12 bits per heavy atom. The fraction of sp³-hybridized carbons (Fsp3) is 0.650. The third-order valence-corrected chi connectivity index (χ3v) is 6.12. The van der Waals surface area contributed by atoms with Gasteiger partial charge in [-0.15, -0.1) is 0 Å². The van der Waals surface area contributed by atoms with E-state index in [-0.39, 0.29) is 5.56 Å². The molecule has 2 aliphatic rings. The lowest BCUT2D eigenvalue weighted by Crippen LogP contribution is -2.37. The van der Waals surface area contributed by atoms with Crippen LogP contribution in [0, 0.1) is 19.8 Å². The summed E-state index contributed by atoms with van der Waals surface area (Å²) in [7, 11) is 0. The van der Waals surface area contributed by atoms with Crippen LogP contribution in [0.1, 0.15) is 48.5 Å². The van der Waals surface area contributed by atoms with Crippen LogP contribution in [-0.4, -0.2) is 37.1 Å². The summed E-state index contributed by atoms with van der Waals surface area (Å²) in [6.45, 7) is 8.89. The lowest BCUT2D eigenvalue weighted by atomic mass is 9.96. The molecule has 4 rings (SSSR count). The highest BCUT2D eigenvalue weighted by molar-refractivity contribution is 5.12. The molecule has 0 aromatic carbocycles. The predicted octanol–water partition coefficient (Wildman–Crippen LogP) is 2.31. The van der Waals surface area contributed by atoms with Gasteiger partial charge in [0.25, 0.3) is 5.56 Å². The van der Waals surface area contributed by atoms with Crippen molar-refractivity contribution in [3.8, 4) is 0 Å². The molecule has 140 valence electrons. The minimum atomic E-state index is 0.116. The average molecular weight is 355 g/mol. The van der Waals surface area contributed by atoms with Crippen LogP contribution in [0.4, 0.5) is 0 Å². The van der Waals surface area contributed by atoms with E-state index >= 15 is 0 Å².